The van der Waals surface area contributed by atoms with Crippen LogP contribution in [0.4, 0.5) is 0 Å². The maximum absolute atomic E-state index is 11.9. The zero-order valence-corrected chi connectivity index (χ0v) is 12.6. The molecule has 114 valence electrons. The van der Waals surface area contributed by atoms with Crippen LogP contribution in [0.2, 0.25) is 0 Å². The van der Waals surface area contributed by atoms with Crippen LogP contribution in [0.3, 0.4) is 0 Å². The number of rotatable bonds is 3. The van der Waals surface area contributed by atoms with Gasteiger partial charge in [0.25, 0.3) is 0 Å². The van der Waals surface area contributed by atoms with E-state index < -0.39 is 5.63 Å². The molecule has 4 nitrogen and oxygen atoms in total. The predicted octanol–water partition coefficient (Wildman–Crippen LogP) is 4.11. The van der Waals surface area contributed by atoms with Crippen LogP contribution >= 0.6 is 0 Å². The summed E-state index contributed by atoms with van der Waals surface area (Å²) in [6, 6.07) is 14.9. The van der Waals surface area contributed by atoms with E-state index in [2.05, 4.69) is 4.98 Å². The third-order valence-electron chi connectivity index (χ3n) is 3.30. The van der Waals surface area contributed by atoms with E-state index in [9.17, 15) is 9.90 Å². The van der Waals surface area contributed by atoms with Gasteiger partial charge in [0.15, 0.2) is 11.3 Å². The third-order valence-corrected chi connectivity index (χ3v) is 3.30. The van der Waals surface area contributed by atoms with E-state index >= 15 is 0 Å². The lowest BCUT2D eigenvalue weighted by Crippen LogP contribution is -2.06. The van der Waals surface area contributed by atoms with E-state index in [1.807, 2.05) is 49.4 Å². The third kappa shape index (κ3) is 3.55. The Morgan fingerprint density at radius 1 is 1.17 bits per heavy atom. The molecule has 0 unspecified atom stereocenters. The van der Waals surface area contributed by atoms with Gasteiger partial charge in [0.2, 0.25) is 0 Å². The maximum atomic E-state index is 11.9. The molecule has 3 aromatic rings. The normalized spacial score (nSPS) is 12.1. The molecule has 3 rings (SSSR count). The summed E-state index contributed by atoms with van der Waals surface area (Å²) in [6.45, 7) is 1.93. The van der Waals surface area contributed by atoms with Crippen molar-refractivity contribution in [2.75, 3.05) is 0 Å². The lowest BCUT2D eigenvalue weighted by molar-refractivity contribution is 0.437. The van der Waals surface area contributed by atoms with Gasteiger partial charge >= 0.3 is 5.63 Å². The van der Waals surface area contributed by atoms with Crippen molar-refractivity contribution < 1.29 is 9.52 Å². The van der Waals surface area contributed by atoms with E-state index in [-0.39, 0.29) is 11.5 Å². The fraction of sp³-hybridized carbons (Fsp3) is 0.0526. The lowest BCUT2D eigenvalue weighted by Gasteiger charge is -1.99. The fourth-order valence-electron chi connectivity index (χ4n) is 2.15. The van der Waals surface area contributed by atoms with E-state index in [0.29, 0.717) is 11.1 Å². The van der Waals surface area contributed by atoms with E-state index in [4.69, 9.17) is 4.42 Å². The molecular formula is C19H15NO3. The number of aliphatic hydroxyl groups excluding tert-OH is 1. The summed E-state index contributed by atoms with van der Waals surface area (Å²) in [4.78, 5) is 16.2. The number of fused-ring (bicyclic) bond motifs is 1. The minimum atomic E-state index is -0.582. The van der Waals surface area contributed by atoms with Crippen LogP contribution in [-0.4, -0.2) is 10.1 Å². The highest BCUT2D eigenvalue weighted by Gasteiger charge is 2.05. The van der Waals surface area contributed by atoms with E-state index in [1.54, 1.807) is 12.1 Å². The first-order chi connectivity index (χ1) is 11.1. The molecule has 0 aliphatic carbocycles. The maximum Gasteiger partial charge on any atom is 0.362 e. The number of hydrogen-bond acceptors (Lipinski definition) is 4. The monoisotopic (exact) mass is 305 g/mol. The highest BCUT2D eigenvalue weighted by Crippen LogP contribution is 2.13. The van der Waals surface area contributed by atoms with Crippen LogP contribution in [0.25, 0.3) is 23.3 Å². The van der Waals surface area contributed by atoms with Gasteiger partial charge in [0.1, 0.15) is 11.3 Å². The van der Waals surface area contributed by atoms with Gasteiger partial charge in [-0.25, -0.2) is 9.78 Å². The Morgan fingerprint density at radius 2 is 1.96 bits per heavy atom. The molecule has 1 aromatic heterocycles. The first kappa shape index (κ1) is 14.8. The van der Waals surface area contributed by atoms with Crippen molar-refractivity contribution in [1.82, 2.24) is 4.98 Å². The SMILES string of the molecule is Cc1ccc2oc(=O)c(C=C(O)/C=C/c3ccccc3)nc2c1. The molecule has 1 N–H and O–H groups in total. The molecule has 0 saturated carbocycles. The highest BCUT2D eigenvalue weighted by molar-refractivity contribution is 5.73. The minimum Gasteiger partial charge on any atom is -0.508 e. The van der Waals surface area contributed by atoms with Gasteiger partial charge in [-0.1, -0.05) is 42.5 Å². The number of aromatic nitrogens is 1. The molecular weight excluding hydrogens is 290 g/mol. The molecule has 0 aliphatic heterocycles. The number of aryl methyl sites for hydroxylation is 1. The number of benzene rings is 2. The summed E-state index contributed by atoms with van der Waals surface area (Å²) in [7, 11) is 0. The summed E-state index contributed by atoms with van der Waals surface area (Å²) in [5.41, 5.74) is 2.45. The van der Waals surface area contributed by atoms with Gasteiger partial charge in [-0.2, -0.15) is 0 Å². The van der Waals surface area contributed by atoms with Crippen molar-refractivity contribution in [1.29, 1.82) is 0 Å². The molecule has 0 atom stereocenters. The number of allylic oxidation sites excluding steroid dienone is 1. The predicted molar refractivity (Wildman–Crippen MR) is 91.1 cm³/mol. The van der Waals surface area contributed by atoms with Crippen LogP contribution in [0.1, 0.15) is 16.8 Å². The summed E-state index contributed by atoms with van der Waals surface area (Å²) in [5, 5.41) is 9.97. The quantitative estimate of drug-likeness (QED) is 0.584. The second-order valence-electron chi connectivity index (χ2n) is 5.17. The van der Waals surface area contributed by atoms with Gasteiger partial charge in [0.05, 0.1) is 0 Å². The zero-order valence-electron chi connectivity index (χ0n) is 12.6. The van der Waals surface area contributed by atoms with Crippen LogP contribution in [0, 0.1) is 6.92 Å². The minimum absolute atomic E-state index is 0.0679. The van der Waals surface area contributed by atoms with Gasteiger partial charge in [-0.05, 0) is 36.3 Å². The van der Waals surface area contributed by atoms with Crippen molar-refractivity contribution in [3.63, 3.8) is 0 Å². The summed E-state index contributed by atoms with van der Waals surface area (Å²) < 4.78 is 5.21. The summed E-state index contributed by atoms with van der Waals surface area (Å²) in [6.07, 6.45) is 4.56. The van der Waals surface area contributed by atoms with E-state index in [1.165, 1.54) is 12.2 Å². The molecule has 0 fully saturated rings. The molecule has 0 spiro atoms. The average molecular weight is 305 g/mol. The second kappa shape index (κ2) is 6.32. The average Bonchev–Trinajstić information content (AvgIpc) is 2.55. The Bertz CT molecular complexity index is 953. The molecule has 2 aromatic carbocycles. The summed E-state index contributed by atoms with van der Waals surface area (Å²) in [5.74, 6) is -0.0688. The molecule has 0 aliphatic rings. The smallest absolute Gasteiger partial charge is 0.362 e. The standard InChI is InChI=1S/C19H15NO3/c1-13-7-10-18-16(11-13)20-17(19(22)23-18)12-15(21)9-8-14-5-3-2-4-6-14/h2-12,21H,1H3/b9-8+,15-12?. The van der Waals surface area contributed by atoms with Crippen molar-refractivity contribution in [3.05, 3.63) is 87.6 Å². The number of nitrogens with zero attached hydrogens (tertiary/aromatic N) is 1. The lowest BCUT2D eigenvalue weighted by atomic mass is 10.2. The van der Waals surface area contributed by atoms with E-state index in [0.717, 1.165) is 11.1 Å². The van der Waals surface area contributed by atoms with Crippen LogP contribution in [-0.2, 0) is 0 Å². The number of hydrogen-bond donors (Lipinski definition) is 1. The Morgan fingerprint density at radius 3 is 2.74 bits per heavy atom. The van der Waals surface area contributed by atoms with Gasteiger partial charge in [-0.3, -0.25) is 0 Å². The molecule has 4 heteroatoms. The molecule has 0 amide bonds. The van der Waals surface area contributed by atoms with Crippen molar-refractivity contribution >= 4 is 23.3 Å². The van der Waals surface area contributed by atoms with Gasteiger partial charge in [0, 0.05) is 6.08 Å². The first-order valence-corrected chi connectivity index (χ1v) is 7.17. The molecule has 0 saturated heterocycles. The molecule has 23 heavy (non-hydrogen) atoms. The Hall–Kier alpha value is -3.14. The van der Waals surface area contributed by atoms with Crippen molar-refractivity contribution in [2.24, 2.45) is 0 Å². The fourth-order valence-corrected chi connectivity index (χ4v) is 2.15. The van der Waals surface area contributed by atoms with Crippen LogP contribution in [0.15, 0.2) is 69.6 Å². The first-order valence-electron chi connectivity index (χ1n) is 7.17. The van der Waals surface area contributed by atoms with Crippen LogP contribution < -0.4 is 5.63 Å². The number of aliphatic hydroxyl groups is 1. The van der Waals surface area contributed by atoms with Gasteiger partial charge < -0.3 is 9.52 Å². The topological polar surface area (TPSA) is 63.3 Å². The van der Waals surface area contributed by atoms with Crippen molar-refractivity contribution in [3.8, 4) is 0 Å². The zero-order chi connectivity index (χ0) is 16.2. The Kier molecular flexibility index (Phi) is 4.06. The molecule has 0 bridgehead atoms. The van der Waals surface area contributed by atoms with Crippen LogP contribution in [0.5, 0.6) is 0 Å². The molecule has 0 radical (unpaired) electrons. The van der Waals surface area contributed by atoms with Crippen molar-refractivity contribution in [2.45, 2.75) is 6.92 Å². The van der Waals surface area contributed by atoms with Gasteiger partial charge in [-0.15, -0.1) is 0 Å². The molecule has 1 heterocycles. The summed E-state index contributed by atoms with van der Waals surface area (Å²) >= 11 is 0. The highest BCUT2D eigenvalue weighted by atomic mass is 16.4. The largest absolute Gasteiger partial charge is 0.508 e. The second-order valence-corrected chi connectivity index (χ2v) is 5.17. The Balaban J connectivity index is 1.94. The Labute approximate surface area is 133 Å².